The van der Waals surface area contributed by atoms with E-state index in [-0.39, 0.29) is 34.8 Å². The van der Waals surface area contributed by atoms with E-state index in [0.29, 0.717) is 32.8 Å². The van der Waals surface area contributed by atoms with Gasteiger partial charge in [0.15, 0.2) is 5.82 Å². The number of nitrogens with one attached hydrogen (secondary N) is 2. The number of nitrogens with zero attached hydrogens (tertiary/aromatic N) is 5. The van der Waals surface area contributed by atoms with Crippen LogP contribution in [0.5, 0.6) is 0 Å². The lowest BCUT2D eigenvalue weighted by Crippen LogP contribution is -2.35. The van der Waals surface area contributed by atoms with Gasteiger partial charge in [-0.15, -0.1) is 0 Å². The Morgan fingerprint density at radius 1 is 1.04 bits per heavy atom. The summed E-state index contributed by atoms with van der Waals surface area (Å²) in [6.07, 6.45) is -2.56. The first-order valence-electron chi connectivity index (χ1n) is 17.3. The second-order valence-corrected chi connectivity index (χ2v) is 16.1. The molecule has 0 saturated heterocycles. The molecule has 296 valence electrons. The summed E-state index contributed by atoms with van der Waals surface area (Å²) >= 11 is 0. The zero-order chi connectivity index (χ0) is 41.1. The van der Waals surface area contributed by atoms with Crippen LogP contribution in [0.25, 0.3) is 22.0 Å². The quantitative estimate of drug-likeness (QED) is 0.108. The molecule has 2 aromatic carbocycles. The lowest BCUT2D eigenvalue weighted by Gasteiger charge is -2.23. The van der Waals surface area contributed by atoms with Crippen molar-refractivity contribution >= 4 is 32.7 Å². The predicted octanol–water partition coefficient (Wildman–Crippen LogP) is 6.49. The van der Waals surface area contributed by atoms with Gasteiger partial charge in [0.1, 0.15) is 40.9 Å². The molecule has 18 heteroatoms. The SMILES string of the molecule is C[C@@H]1c2c(C(F)F)nn(CC(=O)N[C@@H](Cc3cc(F)cc(F)c3)c3nc(C#CC(C)(C)O)ccc3-c3cccc4c(NS(C)(=O)=O)nn(C)c34)c2C(F)(F)[C@@H]1C. The van der Waals surface area contributed by atoms with Crippen molar-refractivity contribution in [3.05, 3.63) is 94.1 Å². The summed E-state index contributed by atoms with van der Waals surface area (Å²) in [5.41, 5.74) is -2.07. The number of sulfonamides is 1. The van der Waals surface area contributed by atoms with E-state index in [9.17, 15) is 35.9 Å². The van der Waals surface area contributed by atoms with E-state index in [2.05, 4.69) is 32.1 Å². The number of aromatic nitrogens is 5. The topological polar surface area (TPSA) is 144 Å². The standard InChI is InChI=1S/C38H37F6N7O4S/c1-19-20(2)38(43,44)34-30(19)32(35(41)42)47-51(34)18-29(52)46-28(16-21-14-22(39)17-23(40)15-21)31-25(11-10-24(45-31)12-13-37(3,4)53)26-8-7-9-27-33(26)50(5)48-36(27)49-56(6,54)55/h7-11,14-15,17,19-20,28,35,53H,16,18H2,1-6H3,(H,46,52)(H,48,49)/t19-,20+,28-/m0/s1. The van der Waals surface area contributed by atoms with Gasteiger partial charge in [0.05, 0.1) is 23.5 Å². The third kappa shape index (κ3) is 8.10. The van der Waals surface area contributed by atoms with E-state index in [4.69, 9.17) is 4.98 Å². The lowest BCUT2D eigenvalue weighted by molar-refractivity contribution is -0.123. The minimum absolute atomic E-state index is 0.0180. The number of carbonyl (C=O) groups is 1. The minimum atomic E-state index is -3.76. The van der Waals surface area contributed by atoms with Crippen molar-refractivity contribution in [3.8, 4) is 23.0 Å². The van der Waals surface area contributed by atoms with Crippen LogP contribution in [0.2, 0.25) is 0 Å². The van der Waals surface area contributed by atoms with Crippen molar-refractivity contribution in [1.29, 1.82) is 0 Å². The number of carbonyl (C=O) groups excluding carboxylic acids is 1. The number of rotatable bonds is 10. The van der Waals surface area contributed by atoms with Crippen molar-refractivity contribution in [2.45, 2.75) is 70.6 Å². The molecule has 3 aromatic heterocycles. The second-order valence-electron chi connectivity index (χ2n) is 14.4. The maximum atomic E-state index is 15.6. The molecule has 11 nitrogen and oxygen atoms in total. The number of amides is 1. The molecule has 3 heterocycles. The number of alkyl halides is 4. The van der Waals surface area contributed by atoms with Gasteiger partial charge in [-0.25, -0.2) is 31.0 Å². The Bertz CT molecular complexity index is 2520. The Labute approximate surface area is 318 Å². The summed E-state index contributed by atoms with van der Waals surface area (Å²) in [6, 6.07) is 9.44. The first kappa shape index (κ1) is 40.3. The van der Waals surface area contributed by atoms with Crippen molar-refractivity contribution in [3.63, 3.8) is 0 Å². The molecule has 3 N–H and O–H groups in total. The Kier molecular flexibility index (Phi) is 10.5. The highest BCUT2D eigenvalue weighted by atomic mass is 32.2. The van der Waals surface area contributed by atoms with Gasteiger partial charge in [-0.2, -0.15) is 19.0 Å². The summed E-state index contributed by atoms with van der Waals surface area (Å²) < 4.78 is 117. The molecular formula is C38H37F6N7O4S. The fourth-order valence-electron chi connectivity index (χ4n) is 6.97. The minimum Gasteiger partial charge on any atom is -0.378 e. The molecule has 6 rings (SSSR count). The Balaban J connectivity index is 1.53. The van der Waals surface area contributed by atoms with Crippen LogP contribution >= 0.6 is 0 Å². The molecule has 0 radical (unpaired) electrons. The zero-order valence-corrected chi connectivity index (χ0v) is 31.7. The summed E-state index contributed by atoms with van der Waals surface area (Å²) in [7, 11) is -2.19. The molecule has 1 amide bonds. The number of fused-ring (bicyclic) bond motifs is 2. The largest absolute Gasteiger partial charge is 0.378 e. The fourth-order valence-corrected chi connectivity index (χ4v) is 7.47. The second kappa shape index (κ2) is 14.6. The number of hydrogen-bond acceptors (Lipinski definition) is 7. The molecule has 0 unspecified atom stereocenters. The van der Waals surface area contributed by atoms with Crippen molar-refractivity contribution in [2.24, 2.45) is 13.0 Å². The highest BCUT2D eigenvalue weighted by Gasteiger charge is 2.55. The van der Waals surface area contributed by atoms with Gasteiger partial charge in [-0.05, 0) is 68.0 Å². The van der Waals surface area contributed by atoms with Gasteiger partial charge >= 0.3 is 0 Å². The van der Waals surface area contributed by atoms with E-state index in [1.165, 1.54) is 38.4 Å². The fraction of sp³-hybridized carbons (Fsp3) is 0.368. The molecule has 3 atom stereocenters. The molecule has 0 aliphatic heterocycles. The molecule has 5 aromatic rings. The van der Waals surface area contributed by atoms with Crippen LogP contribution in [0.3, 0.4) is 0 Å². The monoisotopic (exact) mass is 801 g/mol. The first-order chi connectivity index (χ1) is 26.0. The summed E-state index contributed by atoms with van der Waals surface area (Å²) in [6.45, 7) is 4.57. The number of halogens is 6. The van der Waals surface area contributed by atoms with E-state index < -0.39 is 81.3 Å². The summed E-state index contributed by atoms with van der Waals surface area (Å²) in [4.78, 5) is 18.7. The lowest BCUT2D eigenvalue weighted by atomic mass is 9.93. The molecule has 1 aliphatic carbocycles. The summed E-state index contributed by atoms with van der Waals surface area (Å²) in [5.74, 6) is -3.33. The van der Waals surface area contributed by atoms with Gasteiger partial charge in [-0.1, -0.05) is 31.9 Å². The van der Waals surface area contributed by atoms with Crippen molar-refractivity contribution < 1.29 is 44.7 Å². The number of anilines is 1. The molecule has 1 aliphatic rings. The van der Waals surface area contributed by atoms with Crippen molar-refractivity contribution in [2.75, 3.05) is 11.0 Å². The first-order valence-corrected chi connectivity index (χ1v) is 19.1. The number of pyridine rings is 1. The van der Waals surface area contributed by atoms with Crippen LogP contribution in [0.4, 0.5) is 32.2 Å². The van der Waals surface area contributed by atoms with Crippen LogP contribution in [0.1, 0.15) is 80.0 Å². The van der Waals surface area contributed by atoms with Crippen molar-refractivity contribution in [1.82, 2.24) is 29.9 Å². The van der Waals surface area contributed by atoms with Crippen LogP contribution in [-0.2, 0) is 40.8 Å². The number of hydrogen-bond donors (Lipinski definition) is 3. The van der Waals surface area contributed by atoms with E-state index in [1.54, 1.807) is 31.3 Å². The number of aliphatic hydroxyl groups is 1. The third-order valence-corrected chi connectivity index (χ3v) is 10.1. The van der Waals surface area contributed by atoms with Gasteiger partial charge in [0.2, 0.25) is 15.9 Å². The molecule has 0 bridgehead atoms. The van der Waals surface area contributed by atoms with Crippen LogP contribution in [0.15, 0.2) is 48.5 Å². The van der Waals surface area contributed by atoms with Crippen LogP contribution in [0, 0.1) is 29.4 Å². The highest BCUT2D eigenvalue weighted by Crippen LogP contribution is 2.54. The summed E-state index contributed by atoms with van der Waals surface area (Å²) in [5, 5.41) is 21.5. The molecule has 56 heavy (non-hydrogen) atoms. The number of benzene rings is 2. The van der Waals surface area contributed by atoms with E-state index in [0.717, 1.165) is 18.4 Å². The average Bonchev–Trinajstić information content (AvgIpc) is 3.67. The zero-order valence-electron chi connectivity index (χ0n) is 30.9. The van der Waals surface area contributed by atoms with Gasteiger partial charge in [0, 0.05) is 41.1 Å². The molecular weight excluding hydrogens is 765 g/mol. The van der Waals surface area contributed by atoms with Crippen LogP contribution in [-0.4, -0.2) is 55.8 Å². The maximum Gasteiger partial charge on any atom is 0.292 e. The smallest absolute Gasteiger partial charge is 0.292 e. The Morgan fingerprint density at radius 3 is 2.34 bits per heavy atom. The maximum absolute atomic E-state index is 15.6. The molecule has 0 fully saturated rings. The molecule has 0 spiro atoms. The van der Waals surface area contributed by atoms with E-state index >= 15 is 8.78 Å². The third-order valence-electron chi connectivity index (χ3n) is 9.50. The normalized spacial score (nSPS) is 17.1. The average molecular weight is 802 g/mol. The Morgan fingerprint density at radius 2 is 1.71 bits per heavy atom. The van der Waals surface area contributed by atoms with Gasteiger partial charge in [0.25, 0.3) is 12.3 Å². The number of para-hydroxylation sites is 1. The van der Waals surface area contributed by atoms with Gasteiger partial charge < -0.3 is 10.4 Å². The predicted molar refractivity (Wildman–Crippen MR) is 195 cm³/mol. The van der Waals surface area contributed by atoms with E-state index in [1.807, 2.05) is 0 Å². The number of aryl methyl sites for hydroxylation is 1. The van der Waals surface area contributed by atoms with Crippen LogP contribution < -0.4 is 10.0 Å². The highest BCUT2D eigenvalue weighted by molar-refractivity contribution is 7.92. The molecule has 0 saturated carbocycles. The Hall–Kier alpha value is -5.41. The van der Waals surface area contributed by atoms with Gasteiger partial charge in [-0.3, -0.25) is 18.9 Å².